The number of nitrogens with zero attached hydrogens (tertiary/aromatic N) is 1. The first kappa shape index (κ1) is 17.7. The number of aromatic nitrogens is 1. The number of benzene rings is 2. The largest absolute Gasteiger partial charge is 0.441 e. The van der Waals surface area contributed by atoms with Gasteiger partial charge in [-0.15, -0.1) is 0 Å². The fourth-order valence-corrected chi connectivity index (χ4v) is 2.43. The van der Waals surface area contributed by atoms with Gasteiger partial charge in [-0.1, -0.05) is 24.3 Å². The van der Waals surface area contributed by atoms with Crippen LogP contribution in [0.15, 0.2) is 59.0 Å². The minimum Gasteiger partial charge on any atom is -0.441 e. The maximum atomic E-state index is 12.7. The second-order valence-corrected chi connectivity index (χ2v) is 5.69. The number of anilines is 1. The Morgan fingerprint density at radius 2 is 1.85 bits per heavy atom. The van der Waals surface area contributed by atoms with Gasteiger partial charge >= 0.3 is 6.18 Å². The van der Waals surface area contributed by atoms with Gasteiger partial charge in [0.05, 0.1) is 17.7 Å². The molecule has 0 aliphatic rings. The second-order valence-electron chi connectivity index (χ2n) is 5.69. The van der Waals surface area contributed by atoms with Crippen molar-refractivity contribution >= 4 is 11.6 Å². The van der Waals surface area contributed by atoms with Crippen LogP contribution in [-0.4, -0.2) is 10.9 Å². The topological polar surface area (TPSA) is 55.1 Å². The van der Waals surface area contributed by atoms with Crippen LogP contribution < -0.4 is 5.32 Å². The summed E-state index contributed by atoms with van der Waals surface area (Å²) in [7, 11) is 0. The molecule has 0 bridgehead atoms. The van der Waals surface area contributed by atoms with Crippen molar-refractivity contribution in [3.8, 4) is 11.5 Å². The number of carbonyl (C=O) groups is 1. The van der Waals surface area contributed by atoms with Crippen LogP contribution in [0.3, 0.4) is 0 Å². The number of halogens is 3. The smallest absolute Gasteiger partial charge is 0.416 e. The molecule has 2 aromatic carbocycles. The molecule has 7 heteroatoms. The SMILES string of the molecule is Cc1oc(-c2ccccc2)nc1CC(=O)Nc1cccc(C(F)(F)F)c1. The normalized spacial score (nSPS) is 11.4. The lowest BCUT2D eigenvalue weighted by molar-refractivity contribution is -0.137. The lowest BCUT2D eigenvalue weighted by Crippen LogP contribution is -2.16. The molecule has 0 unspecified atom stereocenters. The quantitative estimate of drug-likeness (QED) is 0.724. The van der Waals surface area contributed by atoms with E-state index in [1.54, 1.807) is 6.92 Å². The van der Waals surface area contributed by atoms with E-state index in [0.717, 1.165) is 17.7 Å². The summed E-state index contributed by atoms with van der Waals surface area (Å²) in [5.41, 5.74) is 0.474. The maximum absolute atomic E-state index is 12.7. The first-order chi connectivity index (χ1) is 12.3. The van der Waals surface area contributed by atoms with Crippen LogP contribution in [0.1, 0.15) is 17.0 Å². The van der Waals surface area contributed by atoms with Gasteiger partial charge in [0.1, 0.15) is 5.76 Å². The molecule has 0 saturated heterocycles. The highest BCUT2D eigenvalue weighted by molar-refractivity contribution is 5.92. The number of aryl methyl sites for hydroxylation is 1. The molecule has 1 heterocycles. The van der Waals surface area contributed by atoms with Crippen molar-refractivity contribution in [2.24, 2.45) is 0 Å². The third kappa shape index (κ3) is 4.11. The summed E-state index contributed by atoms with van der Waals surface area (Å²) in [5.74, 6) is 0.411. The Balaban J connectivity index is 1.72. The summed E-state index contributed by atoms with van der Waals surface area (Å²) in [6, 6.07) is 13.7. The Labute approximate surface area is 147 Å². The zero-order valence-electron chi connectivity index (χ0n) is 13.8. The number of hydrogen-bond acceptors (Lipinski definition) is 3. The molecule has 3 aromatic rings. The summed E-state index contributed by atoms with van der Waals surface area (Å²) >= 11 is 0. The third-order valence-corrected chi connectivity index (χ3v) is 3.72. The minimum atomic E-state index is -4.46. The summed E-state index contributed by atoms with van der Waals surface area (Å²) < 4.78 is 43.8. The monoisotopic (exact) mass is 360 g/mol. The van der Waals surface area contributed by atoms with Crippen molar-refractivity contribution in [2.75, 3.05) is 5.32 Å². The number of rotatable bonds is 4. The molecule has 4 nitrogen and oxygen atoms in total. The zero-order chi connectivity index (χ0) is 18.7. The average Bonchev–Trinajstić information content (AvgIpc) is 2.96. The molecule has 26 heavy (non-hydrogen) atoms. The molecule has 1 aromatic heterocycles. The molecule has 0 atom stereocenters. The molecule has 1 amide bonds. The van der Waals surface area contributed by atoms with E-state index >= 15 is 0 Å². The molecule has 0 spiro atoms. The molecular weight excluding hydrogens is 345 g/mol. The molecule has 0 fully saturated rings. The minimum absolute atomic E-state index is 0.0780. The van der Waals surface area contributed by atoms with E-state index in [4.69, 9.17) is 4.42 Å². The van der Waals surface area contributed by atoms with Gasteiger partial charge in [0, 0.05) is 11.3 Å². The van der Waals surface area contributed by atoms with Crippen LogP contribution in [0.25, 0.3) is 11.5 Å². The fraction of sp³-hybridized carbons (Fsp3) is 0.158. The second kappa shape index (κ2) is 7.03. The Morgan fingerprint density at radius 1 is 1.12 bits per heavy atom. The average molecular weight is 360 g/mol. The van der Waals surface area contributed by atoms with E-state index in [0.29, 0.717) is 17.3 Å². The Bertz CT molecular complexity index is 918. The predicted molar refractivity (Wildman–Crippen MR) is 90.5 cm³/mol. The fourth-order valence-electron chi connectivity index (χ4n) is 2.43. The van der Waals surface area contributed by atoms with Crippen molar-refractivity contribution in [3.05, 3.63) is 71.6 Å². The van der Waals surface area contributed by atoms with Gasteiger partial charge in [-0.2, -0.15) is 13.2 Å². The number of alkyl halides is 3. The van der Waals surface area contributed by atoms with E-state index < -0.39 is 17.6 Å². The molecule has 3 rings (SSSR count). The van der Waals surface area contributed by atoms with Crippen LogP contribution in [0, 0.1) is 6.92 Å². The van der Waals surface area contributed by atoms with Crippen LogP contribution in [0.4, 0.5) is 18.9 Å². The zero-order valence-corrected chi connectivity index (χ0v) is 13.8. The van der Waals surface area contributed by atoms with E-state index in [2.05, 4.69) is 10.3 Å². The molecule has 0 radical (unpaired) electrons. The Morgan fingerprint density at radius 3 is 2.54 bits per heavy atom. The number of oxazole rings is 1. The summed E-state index contributed by atoms with van der Waals surface area (Å²) in [6.07, 6.45) is -4.56. The van der Waals surface area contributed by atoms with Crippen molar-refractivity contribution in [1.29, 1.82) is 0 Å². The third-order valence-electron chi connectivity index (χ3n) is 3.72. The first-order valence-corrected chi connectivity index (χ1v) is 7.82. The van der Waals surface area contributed by atoms with E-state index in [1.807, 2.05) is 30.3 Å². The van der Waals surface area contributed by atoms with Gasteiger partial charge in [-0.25, -0.2) is 4.98 Å². The highest BCUT2D eigenvalue weighted by Gasteiger charge is 2.30. The summed E-state index contributed by atoms with van der Waals surface area (Å²) in [4.78, 5) is 16.5. The van der Waals surface area contributed by atoms with Crippen molar-refractivity contribution in [1.82, 2.24) is 4.98 Å². The van der Waals surface area contributed by atoms with E-state index in [-0.39, 0.29) is 12.1 Å². The number of hydrogen-bond donors (Lipinski definition) is 1. The van der Waals surface area contributed by atoms with Crippen molar-refractivity contribution in [3.63, 3.8) is 0 Å². The van der Waals surface area contributed by atoms with Crippen LogP contribution in [0.2, 0.25) is 0 Å². The molecule has 0 aliphatic carbocycles. The summed E-state index contributed by atoms with van der Waals surface area (Å²) in [5, 5.41) is 2.46. The Kier molecular flexibility index (Phi) is 4.79. The molecule has 1 N–H and O–H groups in total. The van der Waals surface area contributed by atoms with E-state index in [9.17, 15) is 18.0 Å². The van der Waals surface area contributed by atoms with Gasteiger partial charge in [-0.05, 0) is 37.3 Å². The van der Waals surface area contributed by atoms with Gasteiger partial charge in [-0.3, -0.25) is 4.79 Å². The highest BCUT2D eigenvalue weighted by atomic mass is 19.4. The number of amides is 1. The first-order valence-electron chi connectivity index (χ1n) is 7.82. The van der Waals surface area contributed by atoms with Gasteiger partial charge in [0.25, 0.3) is 0 Å². The van der Waals surface area contributed by atoms with Gasteiger partial charge < -0.3 is 9.73 Å². The predicted octanol–water partition coefficient (Wildman–Crippen LogP) is 4.85. The van der Waals surface area contributed by atoms with Gasteiger partial charge in [0.15, 0.2) is 0 Å². The van der Waals surface area contributed by atoms with Crippen LogP contribution >= 0.6 is 0 Å². The van der Waals surface area contributed by atoms with Gasteiger partial charge in [0.2, 0.25) is 11.8 Å². The maximum Gasteiger partial charge on any atom is 0.416 e. The van der Waals surface area contributed by atoms with E-state index in [1.165, 1.54) is 12.1 Å². The summed E-state index contributed by atoms with van der Waals surface area (Å²) in [6.45, 7) is 1.69. The molecule has 0 aliphatic heterocycles. The Hall–Kier alpha value is -3.09. The number of nitrogens with one attached hydrogen (secondary N) is 1. The molecular formula is C19H15F3N2O2. The standard InChI is InChI=1S/C19H15F3N2O2/c1-12-16(24-18(26-12)13-6-3-2-4-7-13)11-17(25)23-15-9-5-8-14(10-15)19(20,21)22/h2-10H,11H2,1H3,(H,23,25). The molecule has 134 valence electrons. The molecule has 0 saturated carbocycles. The van der Waals surface area contributed by atoms with Crippen LogP contribution in [-0.2, 0) is 17.4 Å². The number of carbonyl (C=O) groups excluding carboxylic acids is 1. The lowest BCUT2D eigenvalue weighted by atomic mass is 10.2. The van der Waals surface area contributed by atoms with Crippen molar-refractivity contribution in [2.45, 2.75) is 19.5 Å². The lowest BCUT2D eigenvalue weighted by Gasteiger charge is -2.09. The van der Waals surface area contributed by atoms with Crippen LogP contribution in [0.5, 0.6) is 0 Å². The highest BCUT2D eigenvalue weighted by Crippen LogP contribution is 2.30. The van der Waals surface area contributed by atoms with Crippen molar-refractivity contribution < 1.29 is 22.4 Å².